The lowest BCUT2D eigenvalue weighted by molar-refractivity contribution is 0.872. The van der Waals surface area contributed by atoms with Crippen molar-refractivity contribution in [3.8, 4) is 5.40 Å². The predicted molar refractivity (Wildman–Crippen MR) is 55.6 cm³/mol. The third kappa shape index (κ3) is 4.24. The van der Waals surface area contributed by atoms with Crippen molar-refractivity contribution in [2.75, 3.05) is 0 Å². The van der Waals surface area contributed by atoms with Gasteiger partial charge in [0, 0.05) is 18.2 Å². The van der Waals surface area contributed by atoms with E-state index < -0.39 is 0 Å². The van der Waals surface area contributed by atoms with Gasteiger partial charge in [0.2, 0.25) is 0 Å². The van der Waals surface area contributed by atoms with Gasteiger partial charge in [0.1, 0.15) is 5.40 Å². The molecule has 3 heteroatoms. The van der Waals surface area contributed by atoms with Crippen molar-refractivity contribution < 1.29 is 0 Å². The smallest absolute Gasteiger partial charge is 0.138 e. The van der Waals surface area contributed by atoms with Gasteiger partial charge < -0.3 is 5.32 Å². The maximum absolute atomic E-state index is 8.22. The summed E-state index contributed by atoms with van der Waals surface area (Å²) in [6.07, 6.45) is 1.78. The molecule has 0 radical (unpaired) electrons. The first-order valence-electron chi connectivity index (χ1n) is 3.90. The van der Waals surface area contributed by atoms with Crippen LogP contribution in [0.1, 0.15) is 5.56 Å². The molecule has 0 aliphatic heterocycles. The van der Waals surface area contributed by atoms with Crippen LogP contribution in [-0.2, 0) is 6.54 Å². The van der Waals surface area contributed by atoms with E-state index >= 15 is 0 Å². The Balaban J connectivity index is 2.25. The summed E-state index contributed by atoms with van der Waals surface area (Å²) in [7, 11) is 0. The highest BCUT2D eigenvalue weighted by molar-refractivity contribution is 8.06. The highest BCUT2D eigenvalue weighted by Gasteiger charge is 1.85. The Morgan fingerprint density at radius 1 is 1.38 bits per heavy atom. The van der Waals surface area contributed by atoms with Gasteiger partial charge in [0.05, 0.1) is 0 Å². The predicted octanol–water partition coefficient (Wildman–Crippen LogP) is 2.46. The van der Waals surface area contributed by atoms with Gasteiger partial charge in [-0.05, 0) is 17.3 Å². The maximum atomic E-state index is 8.22. The van der Waals surface area contributed by atoms with E-state index in [4.69, 9.17) is 5.26 Å². The van der Waals surface area contributed by atoms with Crippen LogP contribution >= 0.6 is 11.8 Å². The van der Waals surface area contributed by atoms with Crippen LogP contribution in [0.3, 0.4) is 0 Å². The Morgan fingerprint density at radius 2 is 2.15 bits per heavy atom. The number of nitrogens with one attached hydrogen (secondary N) is 1. The fraction of sp³-hybridized carbons (Fsp3) is 0.100. The topological polar surface area (TPSA) is 35.8 Å². The number of hydrogen-bond donors (Lipinski definition) is 1. The Labute approximate surface area is 82.3 Å². The summed E-state index contributed by atoms with van der Waals surface area (Å²) in [5.41, 5.74) is 1.23. The minimum absolute atomic E-state index is 0.795. The fourth-order valence-electron chi connectivity index (χ4n) is 0.885. The zero-order valence-electron chi connectivity index (χ0n) is 7.10. The molecule has 0 heterocycles. The number of thiocyanates is 1. The Bertz CT molecular complexity index is 300. The molecule has 1 rings (SSSR count). The van der Waals surface area contributed by atoms with Crippen molar-refractivity contribution in [2.45, 2.75) is 6.54 Å². The molecule has 0 unspecified atom stereocenters. The number of rotatable bonds is 4. The average molecular weight is 190 g/mol. The molecule has 0 aliphatic rings. The summed E-state index contributed by atoms with van der Waals surface area (Å²) >= 11 is 1.11. The summed E-state index contributed by atoms with van der Waals surface area (Å²) in [5.74, 6) is 0. The number of hydrogen-bond acceptors (Lipinski definition) is 3. The van der Waals surface area contributed by atoms with Gasteiger partial charge in [0.15, 0.2) is 0 Å². The van der Waals surface area contributed by atoms with E-state index in [-0.39, 0.29) is 0 Å². The molecule has 0 fully saturated rings. The Hall–Kier alpha value is -1.40. The van der Waals surface area contributed by atoms with Crippen molar-refractivity contribution in [3.63, 3.8) is 0 Å². The van der Waals surface area contributed by atoms with Crippen LogP contribution in [0.2, 0.25) is 0 Å². The molecule has 0 atom stereocenters. The first kappa shape index (κ1) is 9.69. The van der Waals surface area contributed by atoms with Gasteiger partial charge in [0.25, 0.3) is 0 Å². The van der Waals surface area contributed by atoms with Crippen molar-refractivity contribution in [2.24, 2.45) is 0 Å². The second kappa shape index (κ2) is 6.15. The number of nitrogens with zero attached hydrogens (tertiary/aromatic N) is 1. The lowest BCUT2D eigenvalue weighted by atomic mass is 10.2. The largest absolute Gasteiger partial charge is 0.386 e. The molecule has 1 N–H and O–H groups in total. The molecule has 0 spiro atoms. The SMILES string of the molecule is N#CS/C=C\NCc1ccccc1. The van der Waals surface area contributed by atoms with Crippen molar-refractivity contribution >= 4 is 11.8 Å². The first-order valence-corrected chi connectivity index (χ1v) is 4.78. The number of benzene rings is 1. The minimum atomic E-state index is 0.795. The van der Waals surface area contributed by atoms with Crippen LogP contribution in [0.15, 0.2) is 41.9 Å². The molecule has 1 aromatic carbocycles. The Morgan fingerprint density at radius 3 is 2.85 bits per heavy atom. The van der Waals surface area contributed by atoms with Gasteiger partial charge in [-0.2, -0.15) is 5.26 Å². The molecule has 0 saturated carbocycles. The molecule has 0 bridgehead atoms. The molecule has 0 amide bonds. The van der Waals surface area contributed by atoms with Gasteiger partial charge in [-0.25, -0.2) is 0 Å². The highest BCUT2D eigenvalue weighted by Crippen LogP contribution is 1.98. The lowest BCUT2D eigenvalue weighted by Crippen LogP contribution is -2.03. The van der Waals surface area contributed by atoms with Gasteiger partial charge >= 0.3 is 0 Å². The summed E-state index contributed by atoms with van der Waals surface area (Å²) in [4.78, 5) is 0. The summed E-state index contributed by atoms with van der Waals surface area (Å²) in [6.45, 7) is 0.795. The van der Waals surface area contributed by atoms with Gasteiger partial charge in [-0.15, -0.1) is 0 Å². The zero-order valence-corrected chi connectivity index (χ0v) is 7.92. The van der Waals surface area contributed by atoms with Crippen LogP contribution in [0.5, 0.6) is 0 Å². The second-order valence-corrected chi connectivity index (χ2v) is 3.07. The molecule has 0 aromatic heterocycles. The van der Waals surface area contributed by atoms with Crippen molar-refractivity contribution in [1.29, 1.82) is 5.26 Å². The molecule has 13 heavy (non-hydrogen) atoms. The fourth-order valence-corrected chi connectivity index (χ4v) is 1.11. The summed E-state index contributed by atoms with van der Waals surface area (Å²) in [5, 5.41) is 15.0. The van der Waals surface area contributed by atoms with Crippen molar-refractivity contribution in [1.82, 2.24) is 5.32 Å². The summed E-state index contributed by atoms with van der Waals surface area (Å²) in [6, 6.07) is 10.1. The zero-order chi connectivity index (χ0) is 9.36. The minimum Gasteiger partial charge on any atom is -0.386 e. The second-order valence-electron chi connectivity index (χ2n) is 2.38. The van der Waals surface area contributed by atoms with Crippen LogP contribution in [-0.4, -0.2) is 0 Å². The van der Waals surface area contributed by atoms with E-state index in [9.17, 15) is 0 Å². The standard InChI is InChI=1S/C10H10N2S/c11-9-13-7-6-12-8-10-4-2-1-3-5-10/h1-7,12H,8H2/b7-6-. The molecule has 0 saturated heterocycles. The molecule has 1 aromatic rings. The summed E-state index contributed by atoms with van der Waals surface area (Å²) < 4.78 is 0. The van der Waals surface area contributed by atoms with E-state index in [0.29, 0.717) is 0 Å². The number of nitriles is 1. The third-order valence-electron chi connectivity index (χ3n) is 1.46. The van der Waals surface area contributed by atoms with E-state index in [1.165, 1.54) is 5.56 Å². The number of thioether (sulfide) groups is 1. The first-order chi connectivity index (χ1) is 6.43. The van der Waals surface area contributed by atoms with Gasteiger partial charge in [-0.3, -0.25) is 0 Å². The molecular formula is C10H10N2S. The van der Waals surface area contributed by atoms with E-state index in [0.717, 1.165) is 18.3 Å². The monoisotopic (exact) mass is 190 g/mol. The maximum Gasteiger partial charge on any atom is 0.138 e. The van der Waals surface area contributed by atoms with Crippen molar-refractivity contribution in [3.05, 3.63) is 47.5 Å². The molecule has 66 valence electrons. The van der Waals surface area contributed by atoms with E-state index in [2.05, 4.69) is 17.4 Å². The third-order valence-corrected chi connectivity index (χ3v) is 1.83. The molecular weight excluding hydrogens is 180 g/mol. The van der Waals surface area contributed by atoms with Gasteiger partial charge in [-0.1, -0.05) is 30.3 Å². The highest BCUT2D eigenvalue weighted by atomic mass is 32.2. The molecule has 0 aliphatic carbocycles. The normalized spacial score (nSPS) is 9.77. The lowest BCUT2D eigenvalue weighted by Gasteiger charge is -1.99. The van der Waals surface area contributed by atoms with E-state index in [1.54, 1.807) is 11.6 Å². The quantitative estimate of drug-likeness (QED) is 0.741. The molecule has 2 nitrogen and oxygen atoms in total. The van der Waals surface area contributed by atoms with Crippen LogP contribution in [0.4, 0.5) is 0 Å². The van der Waals surface area contributed by atoms with E-state index in [1.807, 2.05) is 23.6 Å². The van der Waals surface area contributed by atoms with Crippen LogP contribution < -0.4 is 5.32 Å². The Kier molecular flexibility index (Phi) is 4.58. The van der Waals surface area contributed by atoms with Crippen LogP contribution in [0, 0.1) is 10.7 Å². The van der Waals surface area contributed by atoms with Crippen LogP contribution in [0.25, 0.3) is 0 Å². The average Bonchev–Trinajstić information content (AvgIpc) is 2.19.